The molecule has 0 aromatic heterocycles. The number of rotatable bonds is 2. The summed E-state index contributed by atoms with van der Waals surface area (Å²) in [6, 6.07) is 5.14. The number of benzene rings is 1. The van der Waals surface area contributed by atoms with Crippen LogP contribution in [-0.2, 0) is 12.8 Å². The first kappa shape index (κ1) is 11.1. The Bertz CT molecular complexity index is 427. The van der Waals surface area contributed by atoms with Gasteiger partial charge in [0.1, 0.15) is 5.75 Å². The van der Waals surface area contributed by atoms with Crippen molar-refractivity contribution in [3.63, 3.8) is 0 Å². The summed E-state index contributed by atoms with van der Waals surface area (Å²) in [4.78, 5) is 0. The van der Waals surface area contributed by atoms with Crippen LogP contribution in [0, 0.1) is 5.92 Å². The second-order valence-corrected chi connectivity index (χ2v) is 5.34. The molecule has 2 heteroatoms. The number of fused-ring (bicyclic) bond motifs is 2. The molecule has 1 aromatic rings. The third-order valence-electron chi connectivity index (χ3n) is 4.05. The van der Waals surface area contributed by atoms with Crippen molar-refractivity contribution in [3.05, 3.63) is 28.8 Å². The number of hydrogen-bond acceptors (Lipinski definition) is 2. The van der Waals surface area contributed by atoms with Gasteiger partial charge in [-0.3, -0.25) is 0 Å². The Hall–Kier alpha value is -1.02. The van der Waals surface area contributed by atoms with Crippen molar-refractivity contribution in [1.29, 1.82) is 0 Å². The van der Waals surface area contributed by atoms with Crippen LogP contribution in [0.25, 0.3) is 0 Å². The van der Waals surface area contributed by atoms with Crippen molar-refractivity contribution >= 4 is 0 Å². The Morgan fingerprint density at radius 3 is 2.82 bits per heavy atom. The van der Waals surface area contributed by atoms with Gasteiger partial charge in [-0.1, -0.05) is 19.9 Å². The minimum absolute atomic E-state index is 0.467. The zero-order valence-corrected chi connectivity index (χ0v) is 10.8. The highest BCUT2D eigenvalue weighted by Crippen LogP contribution is 2.39. The molecule has 2 aliphatic rings. The fourth-order valence-corrected chi connectivity index (χ4v) is 3.14. The van der Waals surface area contributed by atoms with E-state index in [4.69, 9.17) is 4.74 Å². The number of hydrogen-bond donors (Lipinski definition) is 1. The van der Waals surface area contributed by atoms with Crippen molar-refractivity contribution in [2.75, 3.05) is 13.2 Å². The van der Waals surface area contributed by atoms with Gasteiger partial charge in [-0.05, 0) is 43.0 Å². The molecule has 0 radical (unpaired) electrons. The lowest BCUT2D eigenvalue weighted by Gasteiger charge is -2.32. The lowest BCUT2D eigenvalue weighted by molar-refractivity contribution is 0.189. The minimum Gasteiger partial charge on any atom is -0.493 e. The van der Waals surface area contributed by atoms with Crippen LogP contribution in [-0.4, -0.2) is 13.2 Å². The Kier molecular flexibility index (Phi) is 2.83. The third kappa shape index (κ3) is 1.85. The van der Waals surface area contributed by atoms with Gasteiger partial charge in [0.05, 0.1) is 6.61 Å². The second kappa shape index (κ2) is 4.34. The van der Waals surface area contributed by atoms with Gasteiger partial charge in [-0.15, -0.1) is 0 Å². The third-order valence-corrected chi connectivity index (χ3v) is 4.05. The lowest BCUT2D eigenvalue weighted by atomic mass is 9.90. The molecule has 92 valence electrons. The second-order valence-electron chi connectivity index (χ2n) is 5.34. The van der Waals surface area contributed by atoms with Crippen LogP contribution >= 0.6 is 0 Å². The van der Waals surface area contributed by atoms with Gasteiger partial charge in [0.25, 0.3) is 0 Å². The highest BCUT2D eigenvalue weighted by atomic mass is 16.5. The molecule has 1 aliphatic carbocycles. The van der Waals surface area contributed by atoms with Crippen LogP contribution in [0.15, 0.2) is 12.1 Å². The Labute approximate surface area is 103 Å². The summed E-state index contributed by atoms with van der Waals surface area (Å²) in [5.41, 5.74) is 4.43. The average Bonchev–Trinajstić information content (AvgIpc) is 2.78. The summed E-state index contributed by atoms with van der Waals surface area (Å²) in [5, 5.41) is 3.60. The normalized spacial score (nSPS) is 26.2. The molecule has 0 fully saturated rings. The highest BCUT2D eigenvalue weighted by Gasteiger charge is 2.29. The molecule has 2 unspecified atom stereocenters. The van der Waals surface area contributed by atoms with Gasteiger partial charge in [0.15, 0.2) is 0 Å². The highest BCUT2D eigenvalue weighted by molar-refractivity contribution is 5.47. The molecular formula is C15H21NO. The Balaban J connectivity index is 2.02. The summed E-state index contributed by atoms with van der Waals surface area (Å²) in [6.45, 7) is 6.30. The van der Waals surface area contributed by atoms with Gasteiger partial charge in [0, 0.05) is 17.5 Å². The van der Waals surface area contributed by atoms with Gasteiger partial charge in [-0.2, -0.15) is 0 Å². The largest absolute Gasteiger partial charge is 0.493 e. The van der Waals surface area contributed by atoms with Gasteiger partial charge in [-0.25, -0.2) is 0 Å². The molecule has 0 amide bonds. The van der Waals surface area contributed by atoms with Crippen molar-refractivity contribution in [1.82, 2.24) is 5.32 Å². The molecule has 3 rings (SSSR count). The van der Waals surface area contributed by atoms with E-state index in [2.05, 4.69) is 31.3 Å². The fourth-order valence-electron chi connectivity index (χ4n) is 3.14. The molecule has 1 heterocycles. The average molecular weight is 231 g/mol. The first-order valence-corrected chi connectivity index (χ1v) is 6.81. The smallest absolute Gasteiger partial charge is 0.124 e. The Morgan fingerprint density at radius 1 is 1.29 bits per heavy atom. The molecule has 1 aromatic carbocycles. The predicted molar refractivity (Wildman–Crippen MR) is 69.5 cm³/mol. The summed E-state index contributed by atoms with van der Waals surface area (Å²) >= 11 is 0. The van der Waals surface area contributed by atoms with E-state index in [9.17, 15) is 0 Å². The van der Waals surface area contributed by atoms with Crippen LogP contribution < -0.4 is 10.1 Å². The maximum absolute atomic E-state index is 5.90. The van der Waals surface area contributed by atoms with E-state index in [1.807, 2.05) is 0 Å². The van der Waals surface area contributed by atoms with Crippen LogP contribution in [0.4, 0.5) is 0 Å². The number of nitrogens with one attached hydrogen (secondary N) is 1. The van der Waals surface area contributed by atoms with Gasteiger partial charge in [0.2, 0.25) is 0 Å². The first-order chi connectivity index (χ1) is 8.29. The molecule has 0 spiro atoms. The quantitative estimate of drug-likeness (QED) is 0.845. The number of aryl methyl sites for hydroxylation is 2. The van der Waals surface area contributed by atoms with E-state index in [1.54, 1.807) is 5.56 Å². The number of ether oxygens (including phenoxy) is 1. The van der Waals surface area contributed by atoms with Crippen LogP contribution in [0.1, 0.15) is 43.0 Å². The van der Waals surface area contributed by atoms with E-state index in [1.165, 1.54) is 30.4 Å². The van der Waals surface area contributed by atoms with Gasteiger partial charge >= 0.3 is 0 Å². The summed E-state index contributed by atoms with van der Waals surface area (Å²) < 4.78 is 5.90. The molecule has 2 nitrogen and oxygen atoms in total. The molecule has 17 heavy (non-hydrogen) atoms. The molecular weight excluding hydrogens is 210 g/mol. The van der Waals surface area contributed by atoms with Crippen LogP contribution in [0.3, 0.4) is 0 Å². The van der Waals surface area contributed by atoms with E-state index < -0.39 is 0 Å². The van der Waals surface area contributed by atoms with Crippen molar-refractivity contribution in [2.45, 2.75) is 39.2 Å². The molecule has 1 aliphatic heterocycles. The maximum Gasteiger partial charge on any atom is 0.124 e. The molecule has 0 bridgehead atoms. The minimum atomic E-state index is 0.467. The van der Waals surface area contributed by atoms with Crippen molar-refractivity contribution in [3.8, 4) is 5.75 Å². The standard InChI is InChI=1S/C15H21NO/c1-3-16-15-10(2)9-17-14-8-12-6-4-5-11(12)7-13(14)15/h7-8,10,15-16H,3-6,9H2,1-2H3. The van der Waals surface area contributed by atoms with Crippen molar-refractivity contribution in [2.24, 2.45) is 5.92 Å². The SMILES string of the molecule is CCNC1c2cc3c(cc2OCC1C)CCC3. The zero-order chi connectivity index (χ0) is 11.8. The zero-order valence-electron chi connectivity index (χ0n) is 10.8. The fraction of sp³-hybridized carbons (Fsp3) is 0.600. The molecule has 2 atom stereocenters. The van der Waals surface area contributed by atoms with E-state index in [0.717, 1.165) is 18.9 Å². The lowest BCUT2D eigenvalue weighted by Crippen LogP contribution is -2.34. The van der Waals surface area contributed by atoms with Crippen LogP contribution in [0.2, 0.25) is 0 Å². The van der Waals surface area contributed by atoms with Crippen molar-refractivity contribution < 1.29 is 4.74 Å². The molecule has 0 saturated heterocycles. The summed E-state index contributed by atoms with van der Waals surface area (Å²) in [6.07, 6.45) is 3.78. The summed E-state index contributed by atoms with van der Waals surface area (Å²) in [5.74, 6) is 1.68. The summed E-state index contributed by atoms with van der Waals surface area (Å²) in [7, 11) is 0. The van der Waals surface area contributed by atoms with E-state index >= 15 is 0 Å². The Morgan fingerprint density at radius 2 is 2.06 bits per heavy atom. The predicted octanol–water partition coefficient (Wildman–Crippen LogP) is 2.85. The van der Waals surface area contributed by atoms with Gasteiger partial charge < -0.3 is 10.1 Å². The monoisotopic (exact) mass is 231 g/mol. The van der Waals surface area contributed by atoms with E-state index in [0.29, 0.717) is 12.0 Å². The topological polar surface area (TPSA) is 21.3 Å². The van der Waals surface area contributed by atoms with E-state index in [-0.39, 0.29) is 0 Å². The molecule has 1 N–H and O–H groups in total. The maximum atomic E-state index is 5.90. The molecule has 0 saturated carbocycles. The first-order valence-electron chi connectivity index (χ1n) is 6.81. The van der Waals surface area contributed by atoms with Crippen LogP contribution in [0.5, 0.6) is 5.75 Å².